The van der Waals surface area contributed by atoms with Gasteiger partial charge in [0.2, 0.25) is 11.8 Å². The molecule has 2 fully saturated rings. The van der Waals surface area contributed by atoms with Gasteiger partial charge in [0.05, 0.1) is 0 Å². The number of nitrogens with one attached hydrogen (secondary N) is 1. The van der Waals surface area contributed by atoms with Crippen molar-refractivity contribution in [3.63, 3.8) is 0 Å². The van der Waals surface area contributed by atoms with Crippen LogP contribution in [0, 0.1) is 0 Å². The molecule has 0 aliphatic carbocycles. The van der Waals surface area contributed by atoms with Gasteiger partial charge in [-0.3, -0.25) is 9.59 Å². The summed E-state index contributed by atoms with van der Waals surface area (Å²) in [5.41, 5.74) is 6.59. The number of β-lactam (4-membered cyclic amide) rings is 1. The van der Waals surface area contributed by atoms with Crippen LogP contribution in [0.15, 0.2) is 30.3 Å². The topological polar surface area (TPSA) is 113 Å². The van der Waals surface area contributed by atoms with E-state index < -0.39 is 34.7 Å². The maximum atomic E-state index is 12.3. The quantitative estimate of drug-likeness (QED) is 0.675. The molecule has 7 nitrogen and oxygen atoms in total. The van der Waals surface area contributed by atoms with E-state index in [9.17, 15) is 19.5 Å². The first-order valence-corrected chi connectivity index (χ1v) is 8.45. The number of hydrogen-bond donors (Lipinski definition) is 3. The Balaban J connectivity index is 1.71. The zero-order valence-corrected chi connectivity index (χ0v) is 14.1. The molecule has 1 aromatic carbocycles. The van der Waals surface area contributed by atoms with Crippen LogP contribution in [0.2, 0.25) is 0 Å². The van der Waals surface area contributed by atoms with Gasteiger partial charge in [-0.2, -0.15) is 0 Å². The summed E-state index contributed by atoms with van der Waals surface area (Å²) >= 11 is 1.38. The average molecular weight is 349 g/mol. The highest BCUT2D eigenvalue weighted by atomic mass is 32.2. The largest absolute Gasteiger partial charge is 0.480 e. The van der Waals surface area contributed by atoms with Crippen molar-refractivity contribution in [2.75, 3.05) is 0 Å². The SMILES string of the molecule is CC1(C)S[C@H]2[C@@H](NC(=O)[C@H](N)c3ccccc3)C(=O)N2[C@H]1C(=O)O. The number of thioether (sulfide) groups is 1. The fraction of sp³-hybridized carbons (Fsp3) is 0.438. The van der Waals surface area contributed by atoms with Gasteiger partial charge in [-0.15, -0.1) is 11.8 Å². The number of nitrogens with two attached hydrogens (primary N) is 1. The van der Waals surface area contributed by atoms with Gasteiger partial charge in [-0.25, -0.2) is 4.79 Å². The molecule has 2 heterocycles. The molecule has 0 saturated carbocycles. The normalized spacial score (nSPS) is 28.7. The van der Waals surface area contributed by atoms with Crippen LogP contribution in [0.5, 0.6) is 0 Å². The number of benzene rings is 1. The summed E-state index contributed by atoms with van der Waals surface area (Å²) in [5, 5.41) is 11.7. The van der Waals surface area contributed by atoms with Crippen molar-refractivity contribution in [1.29, 1.82) is 0 Å². The highest BCUT2D eigenvalue weighted by Gasteiger charge is 2.64. The van der Waals surface area contributed by atoms with Crippen LogP contribution < -0.4 is 11.1 Å². The summed E-state index contributed by atoms with van der Waals surface area (Å²) in [4.78, 5) is 37.5. The van der Waals surface area contributed by atoms with Crippen LogP contribution in [0.4, 0.5) is 0 Å². The number of carbonyl (C=O) groups is 3. The fourth-order valence-electron chi connectivity index (χ4n) is 3.20. The Morgan fingerprint density at radius 1 is 1.33 bits per heavy atom. The van der Waals surface area contributed by atoms with E-state index in [1.54, 1.807) is 38.1 Å². The van der Waals surface area contributed by atoms with Crippen molar-refractivity contribution < 1.29 is 19.5 Å². The smallest absolute Gasteiger partial charge is 0.327 e. The second-order valence-electron chi connectivity index (χ2n) is 6.47. The third-order valence-electron chi connectivity index (χ3n) is 4.41. The van der Waals surface area contributed by atoms with Gasteiger partial charge < -0.3 is 21.1 Å². The molecule has 2 amide bonds. The Morgan fingerprint density at radius 3 is 2.54 bits per heavy atom. The maximum absolute atomic E-state index is 12.3. The lowest BCUT2D eigenvalue weighted by Gasteiger charge is -2.43. The van der Waals surface area contributed by atoms with Crippen LogP contribution >= 0.6 is 11.8 Å². The number of nitrogens with zero attached hydrogens (tertiary/aromatic N) is 1. The van der Waals surface area contributed by atoms with Crippen LogP contribution in [0.25, 0.3) is 0 Å². The molecule has 0 radical (unpaired) electrons. The Hall–Kier alpha value is -2.06. The summed E-state index contributed by atoms with van der Waals surface area (Å²) in [6.45, 7) is 3.58. The van der Waals surface area contributed by atoms with E-state index in [2.05, 4.69) is 5.32 Å². The minimum absolute atomic E-state index is 0.375. The van der Waals surface area contributed by atoms with E-state index in [1.807, 2.05) is 6.07 Å². The molecule has 0 spiro atoms. The zero-order chi connectivity index (χ0) is 17.6. The molecule has 4 N–H and O–H groups in total. The first-order chi connectivity index (χ1) is 11.2. The third kappa shape index (κ3) is 2.55. The van der Waals surface area contributed by atoms with E-state index in [0.717, 1.165) is 0 Å². The molecule has 8 heteroatoms. The number of carboxylic acids is 1. The lowest BCUT2D eigenvalue weighted by atomic mass is 9.95. The van der Waals surface area contributed by atoms with Gasteiger partial charge in [-0.05, 0) is 19.4 Å². The molecule has 0 aromatic heterocycles. The van der Waals surface area contributed by atoms with E-state index in [0.29, 0.717) is 5.56 Å². The Labute approximate surface area is 143 Å². The average Bonchev–Trinajstić information content (AvgIpc) is 2.80. The highest BCUT2D eigenvalue weighted by Crippen LogP contribution is 2.50. The summed E-state index contributed by atoms with van der Waals surface area (Å²) in [7, 11) is 0. The maximum Gasteiger partial charge on any atom is 0.327 e. The van der Waals surface area contributed by atoms with Crippen molar-refractivity contribution in [3.05, 3.63) is 35.9 Å². The number of carboxylic acid groups (broad SMARTS) is 1. The molecule has 4 atom stereocenters. The van der Waals surface area contributed by atoms with E-state index >= 15 is 0 Å². The number of fused-ring (bicyclic) bond motifs is 1. The van der Waals surface area contributed by atoms with Crippen LogP contribution in [-0.2, 0) is 14.4 Å². The summed E-state index contributed by atoms with van der Waals surface area (Å²) in [6.07, 6.45) is 0. The molecule has 2 aliphatic rings. The predicted octanol–water partition coefficient (Wildman–Crippen LogP) is 0.318. The minimum atomic E-state index is -1.03. The molecule has 0 unspecified atom stereocenters. The van der Waals surface area contributed by atoms with Crippen molar-refractivity contribution in [2.24, 2.45) is 5.73 Å². The molecule has 0 bridgehead atoms. The van der Waals surface area contributed by atoms with Crippen LogP contribution in [0.3, 0.4) is 0 Å². The number of rotatable bonds is 4. The highest BCUT2D eigenvalue weighted by molar-refractivity contribution is 8.01. The minimum Gasteiger partial charge on any atom is -0.480 e. The van der Waals surface area contributed by atoms with Crippen molar-refractivity contribution >= 4 is 29.5 Å². The fourth-order valence-corrected chi connectivity index (χ4v) is 4.83. The van der Waals surface area contributed by atoms with Crippen molar-refractivity contribution in [1.82, 2.24) is 10.2 Å². The molecule has 3 rings (SSSR count). The number of carbonyl (C=O) groups excluding carboxylic acids is 2. The molecular weight excluding hydrogens is 330 g/mol. The monoisotopic (exact) mass is 349 g/mol. The second kappa shape index (κ2) is 5.78. The summed E-state index contributed by atoms with van der Waals surface area (Å²) < 4.78 is -0.618. The van der Waals surface area contributed by atoms with E-state index in [4.69, 9.17) is 5.73 Å². The van der Waals surface area contributed by atoms with Crippen molar-refractivity contribution in [3.8, 4) is 0 Å². The Kier molecular flexibility index (Phi) is 4.05. The van der Waals surface area contributed by atoms with Gasteiger partial charge in [0.1, 0.15) is 23.5 Å². The van der Waals surface area contributed by atoms with Gasteiger partial charge in [0.15, 0.2) is 0 Å². The molecule has 2 aliphatic heterocycles. The number of hydrogen-bond acceptors (Lipinski definition) is 5. The molecular formula is C16H19N3O4S. The van der Waals surface area contributed by atoms with Crippen molar-refractivity contribution in [2.45, 2.75) is 42.1 Å². The lowest BCUT2D eigenvalue weighted by molar-refractivity contribution is -0.161. The second-order valence-corrected chi connectivity index (χ2v) is 8.24. The molecule has 1 aromatic rings. The number of amides is 2. The predicted molar refractivity (Wildman–Crippen MR) is 89.0 cm³/mol. The van der Waals surface area contributed by atoms with E-state index in [1.165, 1.54) is 16.7 Å². The van der Waals surface area contributed by atoms with Crippen LogP contribution in [-0.4, -0.2) is 50.0 Å². The Morgan fingerprint density at radius 2 is 1.96 bits per heavy atom. The summed E-state index contributed by atoms with van der Waals surface area (Å²) in [5.74, 6) is -1.86. The van der Waals surface area contributed by atoms with Gasteiger partial charge in [0, 0.05) is 4.75 Å². The molecule has 2 saturated heterocycles. The summed E-state index contributed by atoms with van der Waals surface area (Å²) in [6, 6.07) is 6.38. The first-order valence-electron chi connectivity index (χ1n) is 7.58. The van der Waals surface area contributed by atoms with Gasteiger partial charge in [-0.1, -0.05) is 30.3 Å². The van der Waals surface area contributed by atoms with Crippen LogP contribution in [0.1, 0.15) is 25.5 Å². The van der Waals surface area contributed by atoms with Gasteiger partial charge in [0.25, 0.3) is 0 Å². The lowest BCUT2D eigenvalue weighted by Crippen LogP contribution is -2.71. The standard InChI is InChI=1S/C16H19N3O4S/c1-16(2)11(15(22)23)19-13(21)10(14(19)24-16)18-12(20)9(17)8-6-4-3-5-7-8/h3-7,9-11,14H,17H2,1-2H3,(H,18,20)(H,22,23)/t9-,10+,11+,14+/m1/s1. The van der Waals surface area contributed by atoms with E-state index in [-0.39, 0.29) is 11.3 Å². The molecule has 128 valence electrons. The first kappa shape index (κ1) is 16.8. The third-order valence-corrected chi connectivity index (χ3v) is 5.99. The van der Waals surface area contributed by atoms with Gasteiger partial charge >= 0.3 is 5.97 Å². The Bertz CT molecular complexity index is 694. The number of aliphatic carboxylic acids is 1. The zero-order valence-electron chi connectivity index (χ0n) is 13.3. The molecule has 24 heavy (non-hydrogen) atoms.